The lowest BCUT2D eigenvalue weighted by molar-refractivity contribution is -0.218. The van der Waals surface area contributed by atoms with Gasteiger partial charge in [-0.15, -0.1) is 0 Å². The first kappa shape index (κ1) is 12.4. The first-order chi connectivity index (χ1) is 7.72. The predicted molar refractivity (Wildman–Crippen MR) is 42.6 cm³/mol. The normalized spacial score (nSPS) is 45.1. The number of rotatable bonds is 2. The lowest BCUT2D eigenvalue weighted by atomic mass is 9.92. The molecule has 0 aromatic carbocycles. The van der Waals surface area contributed by atoms with Gasteiger partial charge >= 0.3 is 6.18 Å². The average Bonchev–Trinajstić information content (AvgIpc) is 2.84. The molecule has 2 rings (SSSR count). The third kappa shape index (κ3) is 0.966. The van der Waals surface area contributed by atoms with E-state index in [2.05, 4.69) is 4.74 Å². The molecule has 2 saturated carbocycles. The van der Waals surface area contributed by atoms with E-state index in [1.54, 1.807) is 0 Å². The SMILES string of the molecule is COC12C(=O)C(F)C(=O)C1C2(CF)C(F)(F)F. The molecule has 2 fully saturated rings. The number of hydrogen-bond acceptors (Lipinski definition) is 3. The van der Waals surface area contributed by atoms with E-state index >= 15 is 0 Å². The van der Waals surface area contributed by atoms with Crippen LogP contribution in [0.15, 0.2) is 0 Å². The number of carbonyl (C=O) groups excluding carboxylic acids is 2. The molecule has 4 unspecified atom stereocenters. The third-order valence-corrected chi connectivity index (χ3v) is 3.65. The molecule has 0 bridgehead atoms. The van der Waals surface area contributed by atoms with E-state index in [0.29, 0.717) is 0 Å². The van der Waals surface area contributed by atoms with Crippen LogP contribution in [0, 0.1) is 11.3 Å². The summed E-state index contributed by atoms with van der Waals surface area (Å²) in [6.07, 6.45) is -7.80. The van der Waals surface area contributed by atoms with Gasteiger partial charge in [0.2, 0.25) is 12.0 Å². The molecule has 0 saturated heterocycles. The Labute approximate surface area is 91.9 Å². The second-order valence-electron chi connectivity index (χ2n) is 4.10. The maximum atomic E-state index is 13.0. The van der Waals surface area contributed by atoms with Crippen molar-refractivity contribution in [2.45, 2.75) is 17.9 Å². The van der Waals surface area contributed by atoms with Gasteiger partial charge in [-0.3, -0.25) is 9.59 Å². The zero-order valence-electron chi connectivity index (χ0n) is 8.48. The van der Waals surface area contributed by atoms with Crippen LogP contribution in [0.3, 0.4) is 0 Å². The molecule has 0 heterocycles. The Bertz CT molecular complexity index is 406. The summed E-state index contributed by atoms with van der Waals surface area (Å²) < 4.78 is 68.5. The third-order valence-electron chi connectivity index (χ3n) is 3.65. The number of alkyl halides is 5. The van der Waals surface area contributed by atoms with Gasteiger partial charge in [-0.05, 0) is 0 Å². The largest absolute Gasteiger partial charge is 0.401 e. The van der Waals surface area contributed by atoms with E-state index in [0.717, 1.165) is 7.11 Å². The van der Waals surface area contributed by atoms with Crippen molar-refractivity contribution >= 4 is 11.6 Å². The molecule has 0 N–H and O–H groups in total. The summed E-state index contributed by atoms with van der Waals surface area (Å²) in [4.78, 5) is 22.5. The minimum atomic E-state index is -5.14. The molecular formula is C9H7F5O3. The van der Waals surface area contributed by atoms with Crippen LogP contribution in [-0.4, -0.2) is 43.3 Å². The summed E-state index contributed by atoms with van der Waals surface area (Å²) >= 11 is 0. The van der Waals surface area contributed by atoms with Gasteiger partial charge in [0.05, 0.1) is 5.92 Å². The zero-order valence-corrected chi connectivity index (χ0v) is 8.48. The highest BCUT2D eigenvalue weighted by molar-refractivity contribution is 6.23. The second kappa shape index (κ2) is 3.04. The Balaban J connectivity index is 2.57. The van der Waals surface area contributed by atoms with Crippen LogP contribution in [0.1, 0.15) is 0 Å². The monoisotopic (exact) mass is 258 g/mol. The fourth-order valence-electron chi connectivity index (χ4n) is 2.80. The van der Waals surface area contributed by atoms with Crippen molar-refractivity contribution in [3.63, 3.8) is 0 Å². The van der Waals surface area contributed by atoms with E-state index in [1.165, 1.54) is 0 Å². The Morgan fingerprint density at radius 2 is 1.88 bits per heavy atom. The molecule has 17 heavy (non-hydrogen) atoms. The molecule has 0 amide bonds. The Morgan fingerprint density at radius 3 is 2.18 bits per heavy atom. The van der Waals surface area contributed by atoms with Crippen LogP contribution in [0.2, 0.25) is 0 Å². The van der Waals surface area contributed by atoms with Crippen LogP contribution in [0.5, 0.6) is 0 Å². The second-order valence-corrected chi connectivity index (χ2v) is 4.10. The molecule has 0 aromatic rings. The fourth-order valence-corrected chi connectivity index (χ4v) is 2.80. The van der Waals surface area contributed by atoms with Crippen molar-refractivity contribution in [2.24, 2.45) is 11.3 Å². The molecule has 2 aliphatic carbocycles. The molecule has 3 nitrogen and oxygen atoms in total. The molecular weight excluding hydrogens is 251 g/mol. The smallest absolute Gasteiger partial charge is 0.368 e. The number of carbonyl (C=O) groups is 2. The van der Waals surface area contributed by atoms with Gasteiger partial charge < -0.3 is 4.74 Å². The summed E-state index contributed by atoms with van der Waals surface area (Å²) in [5.41, 5.74) is -5.93. The van der Waals surface area contributed by atoms with Gasteiger partial charge in [0.25, 0.3) is 0 Å². The quantitative estimate of drug-likeness (QED) is 0.548. The first-order valence-electron chi connectivity index (χ1n) is 4.62. The fraction of sp³-hybridized carbons (Fsp3) is 0.778. The highest BCUT2D eigenvalue weighted by Gasteiger charge is 2.97. The lowest BCUT2D eigenvalue weighted by Crippen LogP contribution is -2.46. The Morgan fingerprint density at radius 1 is 1.35 bits per heavy atom. The maximum absolute atomic E-state index is 13.0. The van der Waals surface area contributed by atoms with Crippen LogP contribution < -0.4 is 0 Å². The van der Waals surface area contributed by atoms with Crippen molar-refractivity contribution in [2.75, 3.05) is 13.8 Å². The summed E-state index contributed by atoms with van der Waals surface area (Å²) in [5, 5.41) is 0. The van der Waals surface area contributed by atoms with E-state index < -0.39 is 47.5 Å². The molecule has 0 aliphatic heterocycles. The number of methoxy groups -OCH3 is 1. The minimum Gasteiger partial charge on any atom is -0.368 e. The summed E-state index contributed by atoms with van der Waals surface area (Å²) in [6, 6.07) is 0. The van der Waals surface area contributed by atoms with Crippen molar-refractivity contribution in [1.82, 2.24) is 0 Å². The van der Waals surface area contributed by atoms with Gasteiger partial charge in [0.15, 0.2) is 11.4 Å². The van der Waals surface area contributed by atoms with Crippen LogP contribution in [-0.2, 0) is 14.3 Å². The van der Waals surface area contributed by atoms with Crippen molar-refractivity contribution in [1.29, 1.82) is 0 Å². The van der Waals surface area contributed by atoms with Crippen LogP contribution in [0.25, 0.3) is 0 Å². The first-order valence-corrected chi connectivity index (χ1v) is 4.62. The number of hydrogen-bond donors (Lipinski definition) is 0. The maximum Gasteiger partial charge on any atom is 0.401 e. The van der Waals surface area contributed by atoms with E-state index in [-0.39, 0.29) is 0 Å². The number of fused-ring (bicyclic) bond motifs is 1. The van der Waals surface area contributed by atoms with Gasteiger partial charge in [0, 0.05) is 7.11 Å². The summed E-state index contributed by atoms with van der Waals surface area (Å²) in [6.45, 7) is -1.99. The Hall–Kier alpha value is -1.05. The topological polar surface area (TPSA) is 43.4 Å². The predicted octanol–water partition coefficient (Wildman–Crippen LogP) is 1.01. The number of halogens is 5. The van der Waals surface area contributed by atoms with E-state index in [9.17, 15) is 31.5 Å². The summed E-state index contributed by atoms with van der Waals surface area (Å²) in [7, 11) is 0.735. The van der Waals surface area contributed by atoms with E-state index in [4.69, 9.17) is 0 Å². The zero-order chi connectivity index (χ0) is 13.2. The van der Waals surface area contributed by atoms with Crippen molar-refractivity contribution in [3.8, 4) is 0 Å². The number of Topliss-reactive ketones (excluding diaryl/α,β-unsaturated/α-hetero) is 2. The van der Waals surface area contributed by atoms with Gasteiger partial charge in [-0.25, -0.2) is 8.78 Å². The molecule has 0 radical (unpaired) electrons. The highest BCUT2D eigenvalue weighted by Crippen LogP contribution is 2.75. The minimum absolute atomic E-state index is 0.735. The molecule has 0 aromatic heterocycles. The van der Waals surface area contributed by atoms with Gasteiger partial charge in [0.1, 0.15) is 12.1 Å². The van der Waals surface area contributed by atoms with Crippen LogP contribution >= 0.6 is 0 Å². The molecule has 2 aliphatic rings. The van der Waals surface area contributed by atoms with E-state index in [1.807, 2.05) is 0 Å². The average molecular weight is 258 g/mol. The number of ketones is 2. The van der Waals surface area contributed by atoms with Crippen LogP contribution in [0.4, 0.5) is 22.0 Å². The number of ether oxygens (including phenoxy) is 1. The van der Waals surface area contributed by atoms with Crippen molar-refractivity contribution < 1.29 is 36.3 Å². The standard InChI is InChI=1S/C9H7F5O3/c1-17-8-5(4(15)3(11)6(8)16)7(8,2-10)9(12,13)14/h3,5H,2H2,1H3. The summed E-state index contributed by atoms with van der Waals surface area (Å²) in [5.74, 6) is -5.29. The molecule has 4 atom stereocenters. The van der Waals surface area contributed by atoms with Gasteiger partial charge in [-0.1, -0.05) is 0 Å². The Kier molecular flexibility index (Phi) is 2.22. The molecule has 0 spiro atoms. The van der Waals surface area contributed by atoms with Gasteiger partial charge in [-0.2, -0.15) is 13.2 Å². The lowest BCUT2D eigenvalue weighted by Gasteiger charge is -2.24. The highest BCUT2D eigenvalue weighted by atomic mass is 19.4. The molecule has 96 valence electrons. The molecule has 8 heteroatoms. The van der Waals surface area contributed by atoms with Crippen molar-refractivity contribution in [3.05, 3.63) is 0 Å².